The summed E-state index contributed by atoms with van der Waals surface area (Å²) in [6.07, 6.45) is 15.6. The molecule has 2 saturated heterocycles. The third kappa shape index (κ3) is 4.04. The number of carbonyl (C=O) groups excluding carboxylic acids is 1. The van der Waals surface area contributed by atoms with Gasteiger partial charge >= 0.3 is 0 Å². The maximum Gasteiger partial charge on any atom is 0.189 e. The Balaban J connectivity index is 1.27. The molecule has 2 saturated carbocycles. The molecule has 0 aromatic carbocycles. The zero-order chi connectivity index (χ0) is 18.1. The van der Waals surface area contributed by atoms with Crippen molar-refractivity contribution in [2.75, 3.05) is 19.6 Å². The second-order valence-electron chi connectivity index (χ2n) is 10.3. The number of Topliss-reactive ketones (excluding diaryl/α,β-unsaturated/α-hetero) is 1. The predicted octanol–water partition coefficient (Wildman–Crippen LogP) is 3.29. The van der Waals surface area contributed by atoms with Crippen molar-refractivity contribution in [1.82, 2.24) is 4.90 Å². The molecule has 0 bridgehead atoms. The monoisotopic (exact) mass is 361 g/mol. The van der Waals surface area contributed by atoms with E-state index in [2.05, 4.69) is 18.7 Å². The van der Waals surface area contributed by atoms with Crippen LogP contribution in [0.1, 0.15) is 84.5 Å². The minimum absolute atomic E-state index is 0.381. The summed E-state index contributed by atoms with van der Waals surface area (Å²) in [5.74, 6) is 3.73. The lowest BCUT2D eigenvalue weighted by Gasteiger charge is -2.37. The summed E-state index contributed by atoms with van der Waals surface area (Å²) in [4.78, 5) is 17.4. The number of hydrogen-bond acceptors (Lipinski definition) is 2. The molecule has 0 amide bonds. The van der Waals surface area contributed by atoms with Gasteiger partial charge in [-0.1, -0.05) is 39.0 Å². The first kappa shape index (κ1) is 18.9. The van der Waals surface area contributed by atoms with Gasteiger partial charge in [0.2, 0.25) is 0 Å². The minimum Gasteiger partial charge on any atom is -0.310 e. The molecule has 2 aliphatic heterocycles. The van der Waals surface area contributed by atoms with Crippen molar-refractivity contribution in [3.05, 3.63) is 0 Å². The second-order valence-corrected chi connectivity index (χ2v) is 10.3. The van der Waals surface area contributed by atoms with Crippen LogP contribution in [-0.2, 0) is 4.79 Å². The van der Waals surface area contributed by atoms with Crippen LogP contribution in [0.15, 0.2) is 0 Å². The van der Waals surface area contributed by atoms with Crippen molar-refractivity contribution in [3.8, 4) is 0 Å². The van der Waals surface area contributed by atoms with E-state index in [1.807, 2.05) is 0 Å². The molecule has 0 aromatic rings. The summed E-state index contributed by atoms with van der Waals surface area (Å²) in [7, 11) is 0. The second kappa shape index (κ2) is 8.31. The molecule has 4 atom stereocenters. The molecule has 0 radical (unpaired) electrons. The van der Waals surface area contributed by atoms with Crippen molar-refractivity contribution in [3.63, 3.8) is 0 Å². The molecule has 1 N–H and O–H groups in total. The van der Waals surface area contributed by atoms with Gasteiger partial charge in [-0.05, 0) is 56.8 Å². The first-order chi connectivity index (χ1) is 12.6. The van der Waals surface area contributed by atoms with E-state index in [4.69, 9.17) is 0 Å². The van der Waals surface area contributed by atoms with Gasteiger partial charge in [0, 0.05) is 18.9 Å². The largest absolute Gasteiger partial charge is 0.310 e. The van der Waals surface area contributed by atoms with Crippen molar-refractivity contribution < 1.29 is 9.69 Å². The number of nitrogens with zero attached hydrogens (tertiary/aromatic N) is 1. The summed E-state index contributed by atoms with van der Waals surface area (Å²) in [5.41, 5.74) is 0. The Kier molecular flexibility index (Phi) is 6.05. The highest BCUT2D eigenvalue weighted by Gasteiger charge is 2.45. The highest BCUT2D eigenvalue weighted by Crippen LogP contribution is 2.40. The van der Waals surface area contributed by atoms with Crippen LogP contribution in [0.3, 0.4) is 0 Å². The van der Waals surface area contributed by atoms with Crippen molar-refractivity contribution in [1.29, 1.82) is 0 Å². The van der Waals surface area contributed by atoms with E-state index in [0.29, 0.717) is 23.9 Å². The lowest BCUT2D eigenvalue weighted by Crippen LogP contribution is -3.18. The minimum atomic E-state index is 0.381. The van der Waals surface area contributed by atoms with E-state index in [1.165, 1.54) is 83.7 Å². The lowest BCUT2D eigenvalue weighted by atomic mass is 9.70. The highest BCUT2D eigenvalue weighted by atomic mass is 16.1. The number of rotatable bonds is 4. The molecular formula is C23H41N2O+. The fourth-order valence-corrected chi connectivity index (χ4v) is 6.82. The maximum atomic E-state index is 13.1. The summed E-state index contributed by atoms with van der Waals surface area (Å²) in [6, 6.07) is 0.632. The highest BCUT2D eigenvalue weighted by molar-refractivity contribution is 5.82. The Morgan fingerprint density at radius 1 is 0.846 bits per heavy atom. The molecular weight excluding hydrogens is 320 g/mol. The molecule has 4 unspecified atom stereocenters. The van der Waals surface area contributed by atoms with Gasteiger partial charge in [0.05, 0.1) is 12.6 Å². The third-order valence-corrected chi connectivity index (χ3v) is 8.41. The smallest absolute Gasteiger partial charge is 0.189 e. The van der Waals surface area contributed by atoms with Gasteiger partial charge in [0.25, 0.3) is 0 Å². The summed E-state index contributed by atoms with van der Waals surface area (Å²) in [5, 5.41) is 0. The van der Waals surface area contributed by atoms with Gasteiger partial charge < -0.3 is 4.90 Å². The van der Waals surface area contributed by atoms with Crippen molar-refractivity contribution in [2.45, 2.75) is 96.7 Å². The van der Waals surface area contributed by atoms with Crippen LogP contribution < -0.4 is 4.90 Å². The van der Waals surface area contributed by atoms with Crippen LogP contribution in [0.2, 0.25) is 0 Å². The molecule has 4 fully saturated rings. The van der Waals surface area contributed by atoms with Gasteiger partial charge in [-0.25, -0.2) is 4.90 Å². The van der Waals surface area contributed by atoms with Crippen LogP contribution in [0.25, 0.3) is 0 Å². The zero-order valence-corrected chi connectivity index (χ0v) is 17.2. The molecule has 0 spiro atoms. The molecule has 3 heteroatoms. The Morgan fingerprint density at radius 2 is 1.54 bits per heavy atom. The Morgan fingerprint density at radius 3 is 2.27 bits per heavy atom. The Labute approximate surface area is 160 Å². The standard InChI is InChI=1S/C23H40N2O/c1-17-8-13-23-24(14-17)15-18(2)25(23)16-22(26)21-11-9-20(10-12-21)19-6-4-3-5-7-19/h17-21,23H,3-16H2,1-2H3/p+1. The molecule has 2 heterocycles. The van der Waals surface area contributed by atoms with E-state index < -0.39 is 0 Å². The van der Waals surface area contributed by atoms with Gasteiger partial charge in [-0.2, -0.15) is 0 Å². The molecule has 4 rings (SSSR count). The van der Waals surface area contributed by atoms with E-state index in [1.54, 1.807) is 4.90 Å². The fourth-order valence-electron chi connectivity index (χ4n) is 6.82. The summed E-state index contributed by atoms with van der Waals surface area (Å²) < 4.78 is 0. The SMILES string of the molecule is CC1CCC2N(C1)CC(C)[NH+]2CC(=O)C1CCC(C2CCCCC2)CC1. The first-order valence-corrected chi connectivity index (χ1v) is 11.7. The number of carbonyl (C=O) groups is 1. The normalized spacial score (nSPS) is 42.5. The molecule has 4 aliphatic rings. The lowest BCUT2D eigenvalue weighted by molar-refractivity contribution is -0.932. The molecule has 0 aromatic heterocycles. The van der Waals surface area contributed by atoms with Crippen LogP contribution in [0.5, 0.6) is 0 Å². The molecule has 2 aliphatic carbocycles. The predicted molar refractivity (Wildman–Crippen MR) is 106 cm³/mol. The number of fused-ring (bicyclic) bond motifs is 1. The number of piperidine rings is 1. The quantitative estimate of drug-likeness (QED) is 0.831. The van der Waals surface area contributed by atoms with E-state index in [9.17, 15) is 4.79 Å². The summed E-state index contributed by atoms with van der Waals surface area (Å²) >= 11 is 0. The van der Waals surface area contributed by atoms with Crippen LogP contribution in [-0.4, -0.2) is 42.5 Å². The summed E-state index contributed by atoms with van der Waals surface area (Å²) in [6.45, 7) is 8.00. The van der Waals surface area contributed by atoms with E-state index in [-0.39, 0.29) is 0 Å². The number of nitrogens with one attached hydrogen (secondary N) is 1. The first-order valence-electron chi connectivity index (χ1n) is 11.7. The average Bonchev–Trinajstić information content (AvgIpc) is 2.97. The van der Waals surface area contributed by atoms with E-state index in [0.717, 1.165) is 24.3 Å². The van der Waals surface area contributed by atoms with Crippen LogP contribution in [0, 0.1) is 23.7 Å². The number of quaternary nitrogens is 1. The fraction of sp³-hybridized carbons (Fsp3) is 0.957. The molecule has 26 heavy (non-hydrogen) atoms. The number of ketones is 1. The number of hydrogen-bond donors (Lipinski definition) is 1. The van der Waals surface area contributed by atoms with Crippen molar-refractivity contribution >= 4 is 5.78 Å². The third-order valence-electron chi connectivity index (χ3n) is 8.41. The zero-order valence-electron chi connectivity index (χ0n) is 17.2. The van der Waals surface area contributed by atoms with Gasteiger partial charge in [0.15, 0.2) is 5.78 Å². The molecule has 3 nitrogen and oxygen atoms in total. The van der Waals surface area contributed by atoms with E-state index >= 15 is 0 Å². The van der Waals surface area contributed by atoms with Gasteiger partial charge in [-0.3, -0.25) is 4.79 Å². The topological polar surface area (TPSA) is 24.8 Å². The van der Waals surface area contributed by atoms with Crippen molar-refractivity contribution in [2.24, 2.45) is 23.7 Å². The van der Waals surface area contributed by atoms with Crippen LogP contribution >= 0.6 is 0 Å². The Bertz CT molecular complexity index is 479. The van der Waals surface area contributed by atoms with Crippen LogP contribution in [0.4, 0.5) is 0 Å². The maximum absolute atomic E-state index is 13.1. The Hall–Kier alpha value is -0.410. The average molecular weight is 362 g/mol. The van der Waals surface area contributed by atoms with Gasteiger partial charge in [0.1, 0.15) is 12.7 Å². The molecule has 148 valence electrons. The van der Waals surface area contributed by atoms with Gasteiger partial charge in [-0.15, -0.1) is 0 Å².